The SMILES string of the molecule is CC.CN(C)CB(F)F.Cc1sc(C=O)cc1C1OCCc2ccc(Br)cc21.Cc1sc(C=O)cc1C1OCCc2ccc(CN(C)C)cc21.[F-].[K+]. The molecule has 0 aliphatic carbocycles. The number of hydrogen-bond donors (Lipinski definition) is 0. The Bertz CT molecular complexity index is 1700. The van der Waals surface area contributed by atoms with Crippen molar-refractivity contribution < 1.29 is 83.8 Å². The summed E-state index contributed by atoms with van der Waals surface area (Å²) in [5, 5.41) is 0. The molecular formula is C38H48BBrF3KN2O4S2. The van der Waals surface area contributed by atoms with Gasteiger partial charge in [0.1, 0.15) is 12.2 Å². The van der Waals surface area contributed by atoms with Crippen LogP contribution < -0.4 is 56.1 Å². The zero-order chi connectivity index (χ0) is 37.0. The Kier molecular flexibility index (Phi) is 23.1. The van der Waals surface area contributed by atoms with Crippen LogP contribution in [0.1, 0.15) is 94.1 Å². The number of aryl methyl sites for hydroxylation is 2. The molecule has 4 aromatic rings. The van der Waals surface area contributed by atoms with Crippen molar-refractivity contribution in [2.24, 2.45) is 0 Å². The third kappa shape index (κ3) is 14.2. The first kappa shape index (κ1) is 49.0. The Balaban J connectivity index is 0.000000413. The Hall–Kier alpha value is -1.01. The maximum absolute atomic E-state index is 11.2. The number of fused-ring (bicyclic) bond motifs is 2. The average Bonchev–Trinajstić information content (AvgIpc) is 3.66. The van der Waals surface area contributed by atoms with E-state index in [0.29, 0.717) is 0 Å². The Labute approximate surface area is 366 Å². The molecule has 52 heavy (non-hydrogen) atoms. The fourth-order valence-electron chi connectivity index (χ4n) is 5.84. The number of ether oxygens (including phenoxy) is 2. The number of benzene rings is 2. The first-order valence-corrected chi connectivity index (χ1v) is 19.1. The van der Waals surface area contributed by atoms with E-state index in [-0.39, 0.29) is 74.7 Å². The van der Waals surface area contributed by atoms with Gasteiger partial charge in [-0.2, -0.15) is 0 Å². The molecule has 278 valence electrons. The topological polar surface area (TPSA) is 59.1 Å². The van der Waals surface area contributed by atoms with Crippen LogP contribution in [0.5, 0.6) is 0 Å². The van der Waals surface area contributed by atoms with Crippen molar-refractivity contribution in [2.45, 2.75) is 59.3 Å². The summed E-state index contributed by atoms with van der Waals surface area (Å²) < 4.78 is 35.6. The van der Waals surface area contributed by atoms with Crippen molar-refractivity contribution >= 4 is 58.4 Å². The molecule has 2 aliphatic heterocycles. The summed E-state index contributed by atoms with van der Waals surface area (Å²) in [7, 11) is 5.19. The molecule has 2 aromatic carbocycles. The van der Waals surface area contributed by atoms with E-state index >= 15 is 0 Å². The van der Waals surface area contributed by atoms with Gasteiger partial charge in [-0.3, -0.25) is 18.2 Å². The number of hydrogen-bond acceptors (Lipinski definition) is 8. The van der Waals surface area contributed by atoms with Crippen molar-refractivity contribution in [3.63, 3.8) is 0 Å². The van der Waals surface area contributed by atoms with Crippen molar-refractivity contribution in [3.05, 3.63) is 111 Å². The number of aldehydes is 2. The molecule has 0 saturated carbocycles. The third-order valence-electron chi connectivity index (χ3n) is 7.94. The standard InChI is InChI=1S/C18H21NO2S.C15H13BrO2S.C3H8BF2N.C2H6.FH.K/c1-12-16(9-15(11-20)22-12)18-17-8-13(10-19(2)3)4-5-14(17)6-7-21-18;1-9-13(7-12(8-17)19-9)15-14-6-11(16)3-2-10(14)4-5-18-15;1-7(2)3-4(5)6;1-2;;/h4-5,8-9,11,18H,6-7,10H2,1-3H3;2-3,6-8,15H,4-5H2,1H3;3H2,1-2H3;1-2H3;1H;/q;;;;;+1/p-1. The first-order chi connectivity index (χ1) is 23.9. The van der Waals surface area contributed by atoms with Crippen molar-refractivity contribution in [1.82, 2.24) is 9.80 Å². The van der Waals surface area contributed by atoms with Gasteiger partial charge in [0.15, 0.2) is 12.6 Å². The first-order valence-electron chi connectivity index (χ1n) is 16.7. The molecule has 2 aromatic heterocycles. The van der Waals surface area contributed by atoms with Crippen LogP contribution in [0, 0.1) is 13.8 Å². The van der Waals surface area contributed by atoms with E-state index in [2.05, 4.69) is 78.2 Å². The molecule has 0 fully saturated rings. The molecule has 0 saturated heterocycles. The summed E-state index contributed by atoms with van der Waals surface area (Å²) in [6, 6.07) is 17.0. The molecule has 0 spiro atoms. The fourth-order valence-corrected chi connectivity index (χ4v) is 7.96. The third-order valence-corrected chi connectivity index (χ3v) is 10.4. The molecule has 0 radical (unpaired) electrons. The summed E-state index contributed by atoms with van der Waals surface area (Å²) in [5.41, 5.74) is 8.70. The van der Waals surface area contributed by atoms with Crippen LogP contribution in [0.25, 0.3) is 0 Å². The summed E-state index contributed by atoms with van der Waals surface area (Å²) >= 11 is 6.59. The van der Waals surface area contributed by atoms with Gasteiger partial charge in [-0.1, -0.05) is 54.0 Å². The van der Waals surface area contributed by atoms with E-state index in [0.717, 1.165) is 80.3 Å². The van der Waals surface area contributed by atoms with Crippen LogP contribution in [0.3, 0.4) is 0 Å². The van der Waals surface area contributed by atoms with E-state index in [9.17, 15) is 18.2 Å². The molecule has 2 aliphatic rings. The predicted octanol–water partition coefficient (Wildman–Crippen LogP) is 3.43. The second-order valence-corrected chi connectivity index (χ2v) is 15.8. The maximum atomic E-state index is 11.2. The van der Waals surface area contributed by atoms with Gasteiger partial charge in [-0.05, 0) is 118 Å². The number of carbonyl (C=O) groups is 2. The number of rotatable bonds is 8. The van der Waals surface area contributed by atoms with Gasteiger partial charge in [0.05, 0.1) is 23.0 Å². The van der Waals surface area contributed by atoms with Gasteiger partial charge in [0, 0.05) is 27.2 Å². The van der Waals surface area contributed by atoms with Gasteiger partial charge in [0.25, 0.3) is 0 Å². The Morgan fingerprint density at radius 1 is 0.769 bits per heavy atom. The summed E-state index contributed by atoms with van der Waals surface area (Å²) in [5.74, 6) is 0. The molecule has 0 bridgehead atoms. The molecule has 6 rings (SSSR count). The minimum Gasteiger partial charge on any atom is -1.00 e. The van der Waals surface area contributed by atoms with Gasteiger partial charge in [0.2, 0.25) is 0 Å². The molecule has 2 atom stereocenters. The number of halogens is 4. The van der Waals surface area contributed by atoms with Crippen LogP contribution in [-0.2, 0) is 28.9 Å². The van der Waals surface area contributed by atoms with Crippen molar-refractivity contribution in [3.8, 4) is 0 Å². The molecule has 4 heterocycles. The van der Waals surface area contributed by atoms with E-state index in [4.69, 9.17) is 9.47 Å². The van der Waals surface area contributed by atoms with E-state index in [1.54, 1.807) is 25.4 Å². The minimum absolute atomic E-state index is 0. The average molecular weight is 848 g/mol. The smallest absolute Gasteiger partial charge is 1.00 e. The van der Waals surface area contributed by atoms with Gasteiger partial charge in [-0.25, -0.2) is 0 Å². The molecular weight excluding hydrogens is 799 g/mol. The van der Waals surface area contributed by atoms with Gasteiger partial charge in [-0.15, -0.1) is 22.7 Å². The second kappa shape index (κ2) is 24.5. The van der Waals surface area contributed by atoms with Crippen LogP contribution >= 0.6 is 38.6 Å². The Morgan fingerprint density at radius 3 is 1.62 bits per heavy atom. The van der Waals surface area contributed by atoms with E-state index in [1.807, 2.05) is 32.9 Å². The summed E-state index contributed by atoms with van der Waals surface area (Å²) in [6.45, 7) is 10.5. The number of thiophene rings is 2. The largest absolute Gasteiger partial charge is 1.00 e. The van der Waals surface area contributed by atoms with E-state index < -0.39 is 7.27 Å². The fraction of sp³-hybridized carbons (Fsp3) is 0.421. The predicted molar refractivity (Wildman–Crippen MR) is 208 cm³/mol. The van der Waals surface area contributed by atoms with E-state index in [1.165, 1.54) is 44.1 Å². The quantitative estimate of drug-likeness (QED) is 0.201. The zero-order valence-corrected chi connectivity index (χ0v) is 37.9. The van der Waals surface area contributed by atoms with Crippen LogP contribution in [0.15, 0.2) is 53.0 Å². The molecule has 0 amide bonds. The van der Waals surface area contributed by atoms with Gasteiger partial charge >= 0.3 is 58.7 Å². The number of carbonyl (C=O) groups excluding carboxylic acids is 2. The number of nitrogens with zero attached hydrogens (tertiary/aromatic N) is 2. The summed E-state index contributed by atoms with van der Waals surface area (Å²) in [6.07, 6.45) is 3.50. The zero-order valence-electron chi connectivity index (χ0n) is 31.6. The van der Waals surface area contributed by atoms with Crippen LogP contribution in [-0.4, -0.2) is 77.5 Å². The monoisotopic (exact) mass is 846 g/mol. The Morgan fingerprint density at radius 2 is 1.23 bits per heavy atom. The van der Waals surface area contributed by atoms with Crippen molar-refractivity contribution in [1.29, 1.82) is 0 Å². The van der Waals surface area contributed by atoms with Crippen LogP contribution in [0.2, 0.25) is 0 Å². The minimum atomic E-state index is -2.20. The second-order valence-electron chi connectivity index (χ2n) is 12.3. The van der Waals surface area contributed by atoms with Crippen LogP contribution in [0.4, 0.5) is 8.63 Å². The summed E-state index contributed by atoms with van der Waals surface area (Å²) in [4.78, 5) is 29.4. The molecule has 2 unspecified atom stereocenters. The molecule has 0 N–H and O–H groups in total. The molecule has 6 nitrogen and oxygen atoms in total. The normalized spacial score (nSPS) is 15.5. The molecule has 14 heteroatoms. The maximum Gasteiger partial charge on any atom is 1.00 e. The van der Waals surface area contributed by atoms with Crippen molar-refractivity contribution in [2.75, 3.05) is 47.8 Å². The van der Waals surface area contributed by atoms with Gasteiger partial charge < -0.3 is 24.0 Å².